The maximum absolute atomic E-state index is 12.4. The summed E-state index contributed by atoms with van der Waals surface area (Å²) in [5, 5.41) is 9.61. The number of fused-ring (bicyclic) bond motifs is 1. The van der Waals surface area contributed by atoms with E-state index in [4.69, 9.17) is 5.73 Å². The Morgan fingerprint density at radius 2 is 2.07 bits per heavy atom. The molecule has 2 heterocycles. The summed E-state index contributed by atoms with van der Waals surface area (Å²) in [4.78, 5) is 21.7. The lowest BCUT2D eigenvalue weighted by molar-refractivity contribution is 0.0945. The van der Waals surface area contributed by atoms with Gasteiger partial charge in [0.2, 0.25) is 5.95 Å². The van der Waals surface area contributed by atoms with Crippen molar-refractivity contribution in [2.45, 2.75) is 51.1 Å². The minimum Gasteiger partial charge on any atom is -0.351 e. The number of amides is 1. The summed E-state index contributed by atoms with van der Waals surface area (Å²) in [6, 6.07) is 8.28. The van der Waals surface area contributed by atoms with Crippen LogP contribution in [0.1, 0.15) is 47.3 Å². The van der Waals surface area contributed by atoms with Gasteiger partial charge in [-0.3, -0.25) is 4.79 Å². The number of nitrogens with one attached hydrogen (secondary N) is 3. The van der Waals surface area contributed by atoms with Crippen LogP contribution in [0.15, 0.2) is 24.3 Å². The molecule has 2 unspecified atom stereocenters. The Labute approximate surface area is 159 Å². The Morgan fingerprint density at radius 1 is 1.22 bits per heavy atom. The van der Waals surface area contributed by atoms with Gasteiger partial charge in [0.1, 0.15) is 11.4 Å². The van der Waals surface area contributed by atoms with Crippen molar-refractivity contribution < 1.29 is 4.79 Å². The van der Waals surface area contributed by atoms with Crippen molar-refractivity contribution in [1.29, 1.82) is 0 Å². The van der Waals surface area contributed by atoms with E-state index in [1.165, 1.54) is 6.42 Å². The van der Waals surface area contributed by atoms with Crippen LogP contribution < -0.4 is 21.7 Å². The van der Waals surface area contributed by atoms with E-state index in [9.17, 15) is 4.79 Å². The lowest BCUT2D eigenvalue weighted by Crippen LogP contribution is -2.43. The summed E-state index contributed by atoms with van der Waals surface area (Å²) in [7, 11) is 0. The Bertz CT molecular complexity index is 852. The van der Waals surface area contributed by atoms with Crippen molar-refractivity contribution in [1.82, 2.24) is 15.3 Å². The molecule has 1 fully saturated rings. The fraction of sp³-hybridized carbons (Fsp3) is 0.450. The van der Waals surface area contributed by atoms with Crippen molar-refractivity contribution in [3.63, 3.8) is 0 Å². The highest BCUT2D eigenvalue weighted by atomic mass is 16.1. The Kier molecular flexibility index (Phi) is 4.94. The predicted octanol–water partition coefficient (Wildman–Crippen LogP) is 2.50. The molecule has 0 spiro atoms. The smallest absolute Gasteiger partial charge is 0.256 e. The Balaban J connectivity index is 1.68. The lowest BCUT2D eigenvalue weighted by Gasteiger charge is -2.30. The fourth-order valence-electron chi connectivity index (χ4n) is 3.83. The van der Waals surface area contributed by atoms with Gasteiger partial charge in [-0.15, -0.1) is 0 Å². The predicted molar refractivity (Wildman–Crippen MR) is 106 cm³/mol. The number of benzene rings is 1. The molecule has 1 aliphatic heterocycles. The summed E-state index contributed by atoms with van der Waals surface area (Å²) in [6.07, 6.45) is 5.05. The van der Waals surface area contributed by atoms with E-state index < -0.39 is 0 Å². The number of nitrogens with zero attached hydrogens (tertiary/aromatic N) is 2. The average molecular weight is 366 g/mol. The van der Waals surface area contributed by atoms with Gasteiger partial charge in [0.05, 0.1) is 5.69 Å². The van der Waals surface area contributed by atoms with E-state index in [0.29, 0.717) is 30.3 Å². The molecule has 7 nitrogen and oxygen atoms in total. The number of hydrogen-bond donors (Lipinski definition) is 4. The summed E-state index contributed by atoms with van der Waals surface area (Å²) in [6.45, 7) is 2.62. The highest BCUT2D eigenvalue weighted by molar-refractivity contribution is 6.01. The molecule has 1 aromatic heterocycles. The third-order valence-corrected chi connectivity index (χ3v) is 5.27. The number of nitrogens with two attached hydrogens (primary N) is 1. The number of aryl methyl sites for hydroxylation is 1. The van der Waals surface area contributed by atoms with Crippen LogP contribution in [0.4, 0.5) is 17.5 Å². The van der Waals surface area contributed by atoms with Crippen LogP contribution in [0.3, 0.4) is 0 Å². The maximum Gasteiger partial charge on any atom is 0.256 e. The lowest BCUT2D eigenvalue weighted by atomic mass is 9.91. The standard InChI is InChI=1S/C20H26N6O/c1-12-5-4-6-13(11-12)23-18-17-16(9-10-22-19(17)27)25-20(26-18)24-15-8-3-2-7-14(15)21/h4-6,11,14-15H,2-3,7-10,21H2,1H3,(H,22,27)(H2,23,24,25,26). The zero-order valence-corrected chi connectivity index (χ0v) is 15.6. The number of carbonyl (C=O) groups excluding carboxylic acids is 1. The first-order valence-electron chi connectivity index (χ1n) is 9.65. The highest BCUT2D eigenvalue weighted by Gasteiger charge is 2.27. The molecule has 2 aromatic rings. The second-order valence-electron chi connectivity index (χ2n) is 7.42. The number of anilines is 3. The van der Waals surface area contributed by atoms with Crippen molar-refractivity contribution in [3.05, 3.63) is 41.1 Å². The molecule has 2 atom stereocenters. The number of rotatable bonds is 4. The van der Waals surface area contributed by atoms with Gasteiger partial charge in [-0.1, -0.05) is 25.0 Å². The van der Waals surface area contributed by atoms with Crippen LogP contribution in [-0.4, -0.2) is 34.5 Å². The van der Waals surface area contributed by atoms with Crippen LogP contribution in [0.2, 0.25) is 0 Å². The molecule has 27 heavy (non-hydrogen) atoms. The van der Waals surface area contributed by atoms with Gasteiger partial charge in [0, 0.05) is 30.7 Å². The number of aromatic nitrogens is 2. The highest BCUT2D eigenvalue weighted by Crippen LogP contribution is 2.27. The van der Waals surface area contributed by atoms with E-state index >= 15 is 0 Å². The molecule has 2 aliphatic rings. The molecule has 142 valence electrons. The SMILES string of the molecule is Cc1cccc(Nc2nc(NC3CCCCC3N)nc3c2C(=O)NCC3)c1. The first kappa shape index (κ1) is 17.7. The molecule has 1 aromatic carbocycles. The largest absolute Gasteiger partial charge is 0.351 e. The fourth-order valence-corrected chi connectivity index (χ4v) is 3.83. The first-order chi connectivity index (χ1) is 13.1. The quantitative estimate of drug-likeness (QED) is 0.663. The van der Waals surface area contributed by atoms with Gasteiger partial charge in [0.15, 0.2) is 0 Å². The molecular formula is C20H26N6O. The van der Waals surface area contributed by atoms with Crippen molar-refractivity contribution in [2.75, 3.05) is 17.2 Å². The number of carbonyl (C=O) groups is 1. The monoisotopic (exact) mass is 366 g/mol. The number of hydrogen-bond acceptors (Lipinski definition) is 6. The minimum atomic E-state index is -0.132. The zero-order chi connectivity index (χ0) is 18.8. The van der Waals surface area contributed by atoms with Crippen LogP contribution >= 0.6 is 0 Å². The molecule has 4 rings (SSSR count). The molecule has 7 heteroatoms. The van der Waals surface area contributed by atoms with Gasteiger partial charge in [-0.05, 0) is 37.5 Å². The normalized spacial score (nSPS) is 21.9. The van der Waals surface area contributed by atoms with Gasteiger partial charge < -0.3 is 21.7 Å². The molecule has 0 bridgehead atoms. The molecule has 0 radical (unpaired) electrons. The second kappa shape index (κ2) is 7.52. The third-order valence-electron chi connectivity index (χ3n) is 5.27. The van der Waals surface area contributed by atoms with E-state index in [0.717, 1.165) is 36.2 Å². The third kappa shape index (κ3) is 3.88. The molecular weight excluding hydrogens is 340 g/mol. The summed E-state index contributed by atoms with van der Waals surface area (Å²) in [5.74, 6) is 0.947. The van der Waals surface area contributed by atoms with E-state index in [-0.39, 0.29) is 18.0 Å². The minimum absolute atomic E-state index is 0.106. The molecule has 1 aliphatic carbocycles. The van der Waals surface area contributed by atoms with Gasteiger partial charge in [-0.2, -0.15) is 4.98 Å². The Morgan fingerprint density at radius 3 is 2.89 bits per heavy atom. The van der Waals surface area contributed by atoms with Gasteiger partial charge >= 0.3 is 0 Å². The van der Waals surface area contributed by atoms with E-state index in [1.807, 2.05) is 31.2 Å². The van der Waals surface area contributed by atoms with Crippen LogP contribution in [0.25, 0.3) is 0 Å². The first-order valence-corrected chi connectivity index (χ1v) is 9.65. The van der Waals surface area contributed by atoms with Crippen molar-refractivity contribution >= 4 is 23.4 Å². The van der Waals surface area contributed by atoms with Crippen molar-refractivity contribution in [2.24, 2.45) is 5.73 Å². The van der Waals surface area contributed by atoms with Gasteiger partial charge in [0.25, 0.3) is 5.91 Å². The second-order valence-corrected chi connectivity index (χ2v) is 7.42. The maximum atomic E-state index is 12.4. The van der Waals surface area contributed by atoms with Gasteiger partial charge in [-0.25, -0.2) is 4.98 Å². The van der Waals surface area contributed by atoms with E-state index in [1.54, 1.807) is 0 Å². The summed E-state index contributed by atoms with van der Waals surface area (Å²) < 4.78 is 0. The summed E-state index contributed by atoms with van der Waals surface area (Å²) in [5.41, 5.74) is 9.61. The van der Waals surface area contributed by atoms with Crippen molar-refractivity contribution in [3.8, 4) is 0 Å². The Hall–Kier alpha value is -2.67. The summed E-state index contributed by atoms with van der Waals surface area (Å²) >= 11 is 0. The van der Waals surface area contributed by atoms with E-state index in [2.05, 4.69) is 25.9 Å². The molecule has 0 saturated heterocycles. The molecule has 5 N–H and O–H groups in total. The topological polar surface area (TPSA) is 105 Å². The molecule has 1 saturated carbocycles. The van der Waals surface area contributed by atoms with Crippen LogP contribution in [0.5, 0.6) is 0 Å². The molecule has 1 amide bonds. The average Bonchev–Trinajstić information content (AvgIpc) is 2.64. The van der Waals surface area contributed by atoms with Crippen LogP contribution in [0, 0.1) is 6.92 Å². The van der Waals surface area contributed by atoms with Crippen LogP contribution in [-0.2, 0) is 6.42 Å². The zero-order valence-electron chi connectivity index (χ0n) is 15.6.